The summed E-state index contributed by atoms with van der Waals surface area (Å²) in [5, 5.41) is 3.19. The van der Waals surface area contributed by atoms with Gasteiger partial charge < -0.3 is 5.32 Å². The Morgan fingerprint density at radius 1 is 1.26 bits per heavy atom. The molecular weight excluding hydrogens is 302 g/mol. The maximum atomic E-state index is 12.2. The number of fused-ring (bicyclic) bond motifs is 2. The van der Waals surface area contributed by atoms with Crippen LogP contribution in [0.2, 0.25) is 0 Å². The van der Waals surface area contributed by atoms with Crippen LogP contribution in [0.5, 0.6) is 0 Å². The Balaban J connectivity index is 1.61. The number of rotatable bonds is 3. The highest BCUT2D eigenvalue weighted by Gasteiger charge is 2.42. The first kappa shape index (κ1) is 13.2. The predicted octanol–water partition coefficient (Wildman–Crippen LogP) is 4.00. The van der Waals surface area contributed by atoms with Crippen molar-refractivity contribution in [2.75, 3.05) is 0 Å². The van der Waals surface area contributed by atoms with E-state index in [4.69, 9.17) is 0 Å². The zero-order chi connectivity index (χ0) is 13.4. The Hall–Kier alpha value is -0.830. The number of benzene rings is 1. The van der Waals surface area contributed by atoms with E-state index in [1.54, 1.807) is 0 Å². The fraction of sp³-hybridized carbons (Fsp3) is 0.562. The summed E-state index contributed by atoms with van der Waals surface area (Å²) in [6, 6.07) is 7.86. The van der Waals surface area contributed by atoms with Crippen molar-refractivity contribution in [1.82, 2.24) is 5.32 Å². The summed E-state index contributed by atoms with van der Waals surface area (Å²) in [5.74, 6) is 2.54. The van der Waals surface area contributed by atoms with Crippen LogP contribution in [0.25, 0.3) is 0 Å². The Morgan fingerprint density at radius 2 is 2.00 bits per heavy atom. The molecule has 2 saturated carbocycles. The van der Waals surface area contributed by atoms with E-state index in [2.05, 4.69) is 28.2 Å². The monoisotopic (exact) mass is 321 g/mol. The molecule has 19 heavy (non-hydrogen) atoms. The lowest BCUT2D eigenvalue weighted by atomic mass is 9.84. The minimum absolute atomic E-state index is 0.0581. The minimum atomic E-state index is 0.0581. The minimum Gasteiger partial charge on any atom is -0.349 e. The molecule has 0 radical (unpaired) electrons. The van der Waals surface area contributed by atoms with Gasteiger partial charge in [-0.15, -0.1) is 0 Å². The third-order valence-corrected chi connectivity index (χ3v) is 5.43. The zero-order valence-electron chi connectivity index (χ0n) is 11.2. The van der Waals surface area contributed by atoms with Gasteiger partial charge in [0.15, 0.2) is 0 Å². The summed E-state index contributed by atoms with van der Waals surface area (Å²) in [5.41, 5.74) is 0.748. The van der Waals surface area contributed by atoms with E-state index in [0.717, 1.165) is 21.9 Å². The molecule has 2 aliphatic rings. The maximum absolute atomic E-state index is 12.2. The van der Waals surface area contributed by atoms with Gasteiger partial charge in [-0.2, -0.15) is 0 Å². The van der Waals surface area contributed by atoms with Crippen LogP contribution in [0.4, 0.5) is 0 Å². The van der Waals surface area contributed by atoms with E-state index in [1.807, 2.05) is 24.3 Å². The second-order valence-corrected chi connectivity index (χ2v) is 7.02. The van der Waals surface area contributed by atoms with E-state index < -0.39 is 0 Å². The molecule has 0 heterocycles. The van der Waals surface area contributed by atoms with Gasteiger partial charge in [-0.25, -0.2) is 0 Å². The summed E-state index contributed by atoms with van der Waals surface area (Å²) < 4.78 is 1.00. The van der Waals surface area contributed by atoms with E-state index >= 15 is 0 Å². The fourth-order valence-electron chi connectivity index (χ4n) is 3.90. The number of carbonyl (C=O) groups excluding carboxylic acids is 1. The number of hydrogen-bond donors (Lipinski definition) is 1. The first-order valence-corrected chi connectivity index (χ1v) is 7.99. The molecule has 0 saturated heterocycles. The van der Waals surface area contributed by atoms with Crippen molar-refractivity contribution in [3.63, 3.8) is 0 Å². The van der Waals surface area contributed by atoms with Gasteiger partial charge in [-0.1, -0.05) is 22.4 Å². The van der Waals surface area contributed by atoms with Crippen molar-refractivity contribution in [1.29, 1.82) is 0 Å². The molecule has 102 valence electrons. The lowest BCUT2D eigenvalue weighted by Crippen LogP contribution is -2.40. The predicted molar refractivity (Wildman–Crippen MR) is 80.0 cm³/mol. The molecule has 1 aromatic rings. The summed E-state index contributed by atoms with van der Waals surface area (Å²) in [6.45, 7) is 2.17. The Morgan fingerprint density at radius 3 is 2.58 bits per heavy atom. The van der Waals surface area contributed by atoms with Gasteiger partial charge in [0.25, 0.3) is 5.91 Å². The fourth-order valence-corrected chi connectivity index (χ4v) is 4.17. The average molecular weight is 322 g/mol. The number of carbonyl (C=O) groups is 1. The molecule has 1 amide bonds. The van der Waals surface area contributed by atoms with Crippen LogP contribution in [0.1, 0.15) is 43.0 Å². The van der Waals surface area contributed by atoms with Crippen molar-refractivity contribution in [2.45, 2.75) is 38.6 Å². The van der Waals surface area contributed by atoms with Gasteiger partial charge in [-0.05, 0) is 68.2 Å². The van der Waals surface area contributed by atoms with E-state index in [0.29, 0.717) is 12.0 Å². The van der Waals surface area contributed by atoms with Crippen molar-refractivity contribution in [2.24, 2.45) is 17.8 Å². The molecule has 3 rings (SSSR count). The summed E-state index contributed by atoms with van der Waals surface area (Å²) >= 11 is 3.39. The van der Waals surface area contributed by atoms with Crippen LogP contribution >= 0.6 is 15.9 Å². The van der Waals surface area contributed by atoms with Gasteiger partial charge in [0.1, 0.15) is 0 Å². The summed E-state index contributed by atoms with van der Waals surface area (Å²) in [7, 11) is 0. The van der Waals surface area contributed by atoms with Crippen molar-refractivity contribution in [3.8, 4) is 0 Å². The Bertz CT molecular complexity index is 470. The van der Waals surface area contributed by atoms with Gasteiger partial charge >= 0.3 is 0 Å². The molecule has 1 N–H and O–H groups in total. The van der Waals surface area contributed by atoms with Gasteiger partial charge in [0, 0.05) is 16.1 Å². The molecule has 0 unspecified atom stereocenters. The van der Waals surface area contributed by atoms with Crippen LogP contribution in [0, 0.1) is 17.8 Å². The zero-order valence-corrected chi connectivity index (χ0v) is 12.8. The number of hydrogen-bond acceptors (Lipinski definition) is 1. The lowest BCUT2D eigenvalue weighted by molar-refractivity contribution is 0.0915. The quantitative estimate of drug-likeness (QED) is 0.895. The first-order chi connectivity index (χ1) is 9.13. The van der Waals surface area contributed by atoms with Crippen LogP contribution in [-0.4, -0.2) is 11.9 Å². The molecule has 1 aromatic carbocycles. The van der Waals surface area contributed by atoms with Crippen LogP contribution < -0.4 is 5.32 Å². The highest BCUT2D eigenvalue weighted by atomic mass is 79.9. The number of nitrogens with one attached hydrogen (secondary N) is 1. The third kappa shape index (κ3) is 2.71. The first-order valence-electron chi connectivity index (χ1n) is 7.20. The average Bonchev–Trinajstić information content (AvgIpc) is 3.01. The third-order valence-electron chi connectivity index (χ3n) is 4.90. The molecule has 2 fully saturated rings. The maximum Gasteiger partial charge on any atom is 0.251 e. The van der Waals surface area contributed by atoms with Crippen molar-refractivity contribution < 1.29 is 4.79 Å². The number of halogens is 1. The van der Waals surface area contributed by atoms with Crippen LogP contribution in [0.3, 0.4) is 0 Å². The second-order valence-electron chi connectivity index (χ2n) is 6.11. The lowest BCUT2D eigenvalue weighted by Gasteiger charge is -2.28. The molecule has 0 spiro atoms. The Kier molecular flexibility index (Phi) is 3.66. The summed E-state index contributed by atoms with van der Waals surface area (Å²) in [6.07, 6.45) is 5.48. The Labute approximate surface area is 123 Å². The molecule has 2 bridgehead atoms. The van der Waals surface area contributed by atoms with Crippen LogP contribution in [-0.2, 0) is 0 Å². The van der Waals surface area contributed by atoms with Crippen LogP contribution in [0.15, 0.2) is 28.7 Å². The molecule has 0 aromatic heterocycles. The standard InChI is InChI=1S/C16H20BrNO/c1-10(15-9-11-2-3-13(15)8-11)18-16(19)12-4-6-14(17)7-5-12/h4-7,10-11,13,15H,2-3,8-9H2,1H3,(H,18,19)/t10-,11+,13+,15-/m0/s1. The molecule has 3 heteroatoms. The van der Waals surface area contributed by atoms with Gasteiger partial charge in [-0.3, -0.25) is 4.79 Å². The normalized spacial score (nSPS) is 30.3. The summed E-state index contributed by atoms with van der Waals surface area (Å²) in [4.78, 5) is 12.2. The molecular formula is C16H20BrNO. The van der Waals surface area contributed by atoms with Gasteiger partial charge in [0.05, 0.1) is 0 Å². The molecule has 0 aliphatic heterocycles. The van der Waals surface area contributed by atoms with E-state index in [1.165, 1.54) is 25.7 Å². The van der Waals surface area contributed by atoms with Gasteiger partial charge in [0.2, 0.25) is 0 Å². The molecule has 2 aliphatic carbocycles. The highest BCUT2D eigenvalue weighted by molar-refractivity contribution is 9.10. The second kappa shape index (κ2) is 5.28. The van der Waals surface area contributed by atoms with E-state index in [-0.39, 0.29) is 5.91 Å². The molecule has 4 atom stereocenters. The number of amides is 1. The topological polar surface area (TPSA) is 29.1 Å². The molecule has 2 nitrogen and oxygen atoms in total. The highest BCUT2D eigenvalue weighted by Crippen LogP contribution is 2.49. The largest absolute Gasteiger partial charge is 0.349 e. The van der Waals surface area contributed by atoms with Crippen molar-refractivity contribution >= 4 is 21.8 Å². The smallest absolute Gasteiger partial charge is 0.251 e. The van der Waals surface area contributed by atoms with Crippen molar-refractivity contribution in [3.05, 3.63) is 34.3 Å². The SMILES string of the molecule is C[C@H](NC(=O)c1ccc(Br)cc1)[C@@H]1C[C@@H]2CC[C@@H]1C2. The van der Waals surface area contributed by atoms with E-state index in [9.17, 15) is 4.79 Å².